The van der Waals surface area contributed by atoms with Gasteiger partial charge >= 0.3 is 0 Å². The molecule has 2 aliphatic heterocycles. The van der Waals surface area contributed by atoms with E-state index in [1.54, 1.807) is 18.3 Å². The third-order valence-corrected chi connectivity index (χ3v) is 5.72. The van der Waals surface area contributed by atoms with Crippen LogP contribution in [0.25, 0.3) is 0 Å². The molecule has 2 N–H and O–H groups in total. The average Bonchev–Trinajstić information content (AvgIpc) is 2.76. The minimum Gasteiger partial charge on any atom is -0.488 e. The molecule has 4 rings (SSSR count). The van der Waals surface area contributed by atoms with Gasteiger partial charge in [-0.05, 0) is 56.6 Å². The Morgan fingerprint density at radius 1 is 1.27 bits per heavy atom. The predicted molar refractivity (Wildman–Crippen MR) is 114 cm³/mol. The predicted octanol–water partition coefficient (Wildman–Crippen LogP) is 3.70. The highest BCUT2D eigenvalue weighted by atomic mass is 35.5. The number of nitrogens with one attached hydrogen (secondary N) is 2. The van der Waals surface area contributed by atoms with Gasteiger partial charge in [0.2, 0.25) is 0 Å². The van der Waals surface area contributed by atoms with Crippen LogP contribution in [0.4, 0.5) is 10.1 Å². The van der Waals surface area contributed by atoms with Gasteiger partial charge in [-0.2, -0.15) is 0 Å². The van der Waals surface area contributed by atoms with Crippen molar-refractivity contribution in [2.24, 2.45) is 10.9 Å². The number of rotatable bonds is 7. The number of halogens is 2. The van der Waals surface area contributed by atoms with E-state index in [0.717, 1.165) is 38.2 Å². The first kappa shape index (κ1) is 20.9. The molecule has 0 saturated carbocycles. The van der Waals surface area contributed by atoms with E-state index in [4.69, 9.17) is 16.3 Å². The molecule has 0 unspecified atom stereocenters. The smallest absolute Gasteiger partial charge is 0.170 e. The molecule has 6 nitrogen and oxygen atoms in total. The zero-order chi connectivity index (χ0) is 20.9. The highest BCUT2D eigenvalue weighted by molar-refractivity contribution is 6.30. The Morgan fingerprint density at radius 2 is 2.10 bits per heavy atom. The molecule has 0 amide bonds. The Morgan fingerprint density at radius 3 is 2.90 bits per heavy atom. The van der Waals surface area contributed by atoms with Gasteiger partial charge in [-0.3, -0.25) is 14.8 Å². The second-order valence-corrected chi connectivity index (χ2v) is 8.03. The number of ketones is 1. The number of Topliss-reactive ketones (excluding diaryl/α,β-unsaturated/α-hetero) is 1. The number of nitrogens with zero attached hydrogens (tertiary/aromatic N) is 2. The van der Waals surface area contributed by atoms with Gasteiger partial charge in [0.25, 0.3) is 0 Å². The standard InChI is InChI=1S/C22H24ClFN4O2/c23-18-2-1-16(10-19(18)24)30-13-15-9-21(29)17-5-8-27-20(22(17)28-15)12-26-11-14-3-6-25-7-4-14/h1-2,5,8,10,14,25-26H,3-4,6-7,9,11-13H2. The number of carbonyl (C=O) groups is 1. The molecule has 0 radical (unpaired) electrons. The van der Waals surface area contributed by atoms with Crippen molar-refractivity contribution >= 4 is 28.8 Å². The number of hydrogen-bond acceptors (Lipinski definition) is 6. The normalized spacial score (nSPS) is 16.9. The molecular weight excluding hydrogens is 407 g/mol. The van der Waals surface area contributed by atoms with Crippen molar-refractivity contribution < 1.29 is 13.9 Å². The Bertz CT molecular complexity index is 960. The van der Waals surface area contributed by atoms with Crippen LogP contribution in [0, 0.1) is 11.7 Å². The molecular formula is C22H24ClFN4O2. The van der Waals surface area contributed by atoms with Crippen molar-refractivity contribution in [3.63, 3.8) is 0 Å². The minimum atomic E-state index is -0.549. The van der Waals surface area contributed by atoms with Crippen molar-refractivity contribution in [3.05, 3.63) is 52.6 Å². The molecule has 8 heteroatoms. The molecule has 1 fully saturated rings. The molecule has 1 saturated heterocycles. The highest BCUT2D eigenvalue weighted by Crippen LogP contribution is 2.29. The van der Waals surface area contributed by atoms with Crippen molar-refractivity contribution in [1.82, 2.24) is 15.6 Å². The van der Waals surface area contributed by atoms with Gasteiger partial charge in [-0.15, -0.1) is 0 Å². The van der Waals surface area contributed by atoms with Crippen molar-refractivity contribution in [1.29, 1.82) is 0 Å². The Labute approximate surface area is 179 Å². The summed E-state index contributed by atoms with van der Waals surface area (Å²) in [6.07, 6.45) is 4.16. The fourth-order valence-corrected chi connectivity index (χ4v) is 3.87. The summed E-state index contributed by atoms with van der Waals surface area (Å²) in [5, 5.41) is 6.87. The maximum Gasteiger partial charge on any atom is 0.170 e. The van der Waals surface area contributed by atoms with Crippen molar-refractivity contribution in [2.45, 2.75) is 25.8 Å². The quantitative estimate of drug-likeness (QED) is 0.700. The number of pyridine rings is 1. The SMILES string of the molecule is O=C1CC(COc2ccc(Cl)c(F)c2)=Nc2c1ccnc2CNCC1CCNCC1. The van der Waals surface area contributed by atoms with Gasteiger partial charge in [-0.1, -0.05) is 11.6 Å². The summed E-state index contributed by atoms with van der Waals surface area (Å²) in [6, 6.07) is 5.95. The molecule has 158 valence electrons. The van der Waals surface area contributed by atoms with E-state index in [9.17, 15) is 9.18 Å². The summed E-state index contributed by atoms with van der Waals surface area (Å²) in [5.41, 5.74) is 2.54. The maximum atomic E-state index is 13.6. The highest BCUT2D eigenvalue weighted by Gasteiger charge is 2.23. The summed E-state index contributed by atoms with van der Waals surface area (Å²) < 4.78 is 19.2. The molecule has 3 heterocycles. The minimum absolute atomic E-state index is 0.0112. The lowest BCUT2D eigenvalue weighted by Crippen LogP contribution is -2.33. The van der Waals surface area contributed by atoms with Crippen LogP contribution < -0.4 is 15.4 Å². The van der Waals surface area contributed by atoms with E-state index < -0.39 is 5.82 Å². The third-order valence-electron chi connectivity index (χ3n) is 5.42. The number of aromatic nitrogens is 1. The van der Waals surface area contributed by atoms with Gasteiger partial charge in [0.15, 0.2) is 5.78 Å². The molecule has 0 spiro atoms. The van der Waals surface area contributed by atoms with Crippen LogP contribution in [0.3, 0.4) is 0 Å². The number of aliphatic imine (C=N–C) groups is 1. The Kier molecular flexibility index (Phi) is 6.72. The number of carbonyl (C=O) groups excluding carboxylic acids is 1. The van der Waals surface area contributed by atoms with Crippen LogP contribution in [-0.2, 0) is 6.54 Å². The molecule has 0 bridgehead atoms. The summed E-state index contributed by atoms with van der Waals surface area (Å²) in [6.45, 7) is 3.70. The van der Waals surface area contributed by atoms with Crippen LogP contribution in [-0.4, -0.2) is 42.7 Å². The zero-order valence-corrected chi connectivity index (χ0v) is 17.3. The Balaban J connectivity index is 1.43. The largest absolute Gasteiger partial charge is 0.488 e. The van der Waals surface area contributed by atoms with E-state index in [1.807, 2.05) is 0 Å². The van der Waals surface area contributed by atoms with Crippen LogP contribution in [0.5, 0.6) is 5.75 Å². The first-order chi connectivity index (χ1) is 14.6. The number of piperidine rings is 1. The van der Waals surface area contributed by atoms with E-state index in [0.29, 0.717) is 35.2 Å². The lowest BCUT2D eigenvalue weighted by molar-refractivity contribution is 0.0998. The molecule has 0 atom stereocenters. The van der Waals surface area contributed by atoms with Gasteiger partial charge in [0.05, 0.1) is 28.5 Å². The van der Waals surface area contributed by atoms with Crippen molar-refractivity contribution in [3.8, 4) is 5.75 Å². The lowest BCUT2D eigenvalue weighted by atomic mass is 9.98. The first-order valence-electron chi connectivity index (χ1n) is 10.2. The molecule has 0 aliphatic carbocycles. The van der Waals surface area contributed by atoms with E-state index in [-0.39, 0.29) is 23.8 Å². The molecule has 2 aliphatic rings. The average molecular weight is 431 g/mol. The number of ether oxygens (including phenoxy) is 1. The van der Waals surface area contributed by atoms with Gasteiger partial charge in [-0.25, -0.2) is 4.39 Å². The third kappa shape index (κ3) is 5.03. The summed E-state index contributed by atoms with van der Waals surface area (Å²) >= 11 is 5.70. The monoisotopic (exact) mass is 430 g/mol. The summed E-state index contributed by atoms with van der Waals surface area (Å²) in [5.74, 6) is 0.433. The van der Waals surface area contributed by atoms with Crippen LogP contribution >= 0.6 is 11.6 Å². The topological polar surface area (TPSA) is 75.6 Å². The fraction of sp³-hybridized carbons (Fsp3) is 0.409. The van der Waals surface area contributed by atoms with Crippen LogP contribution in [0.15, 0.2) is 35.5 Å². The van der Waals surface area contributed by atoms with E-state index in [1.165, 1.54) is 12.1 Å². The summed E-state index contributed by atoms with van der Waals surface area (Å²) in [7, 11) is 0. The van der Waals surface area contributed by atoms with Gasteiger partial charge < -0.3 is 15.4 Å². The summed E-state index contributed by atoms with van der Waals surface area (Å²) in [4.78, 5) is 21.7. The maximum absolute atomic E-state index is 13.6. The van der Waals surface area contributed by atoms with Crippen LogP contribution in [0.1, 0.15) is 35.3 Å². The van der Waals surface area contributed by atoms with Gasteiger partial charge in [0.1, 0.15) is 18.2 Å². The fourth-order valence-electron chi connectivity index (χ4n) is 3.75. The number of fused-ring (bicyclic) bond motifs is 1. The Hall–Kier alpha value is -2.35. The molecule has 30 heavy (non-hydrogen) atoms. The van der Waals surface area contributed by atoms with Crippen molar-refractivity contribution in [2.75, 3.05) is 26.2 Å². The number of hydrogen-bond donors (Lipinski definition) is 2. The second kappa shape index (κ2) is 9.64. The van der Waals surface area contributed by atoms with E-state index in [2.05, 4.69) is 20.6 Å². The molecule has 2 aromatic rings. The first-order valence-corrected chi connectivity index (χ1v) is 10.5. The zero-order valence-electron chi connectivity index (χ0n) is 16.6. The molecule has 1 aromatic carbocycles. The lowest BCUT2D eigenvalue weighted by Gasteiger charge is -2.23. The van der Waals surface area contributed by atoms with E-state index >= 15 is 0 Å². The van der Waals surface area contributed by atoms with Gasteiger partial charge in [0, 0.05) is 24.4 Å². The van der Waals surface area contributed by atoms with Crippen LogP contribution in [0.2, 0.25) is 5.02 Å². The molecule has 1 aromatic heterocycles. The number of benzene rings is 1. The second-order valence-electron chi connectivity index (χ2n) is 7.62.